The first kappa shape index (κ1) is 13.9. The van der Waals surface area contributed by atoms with Gasteiger partial charge in [-0.1, -0.05) is 11.6 Å². The molecule has 0 saturated heterocycles. The molecule has 0 aliphatic heterocycles. The molecular formula is C14H16ClNO3. The molecule has 0 bridgehead atoms. The number of amides is 1. The Morgan fingerprint density at radius 1 is 1.32 bits per heavy atom. The van der Waals surface area contributed by atoms with Crippen molar-refractivity contribution in [3.63, 3.8) is 0 Å². The molecule has 1 saturated carbocycles. The van der Waals surface area contributed by atoms with Crippen LogP contribution in [0.4, 0.5) is 0 Å². The second-order valence-corrected chi connectivity index (χ2v) is 5.38. The maximum atomic E-state index is 12.4. The Morgan fingerprint density at radius 3 is 2.42 bits per heavy atom. The lowest BCUT2D eigenvalue weighted by Gasteiger charge is -2.21. The third-order valence-electron chi connectivity index (χ3n) is 3.37. The summed E-state index contributed by atoms with van der Waals surface area (Å²) in [6.07, 6.45) is 1.73. The zero-order valence-corrected chi connectivity index (χ0v) is 11.7. The fourth-order valence-electron chi connectivity index (χ4n) is 2.00. The van der Waals surface area contributed by atoms with Gasteiger partial charge in [0.15, 0.2) is 0 Å². The van der Waals surface area contributed by atoms with Crippen LogP contribution in [0.25, 0.3) is 0 Å². The van der Waals surface area contributed by atoms with Gasteiger partial charge in [-0.15, -0.1) is 0 Å². The average molecular weight is 282 g/mol. The topological polar surface area (TPSA) is 57.6 Å². The van der Waals surface area contributed by atoms with Gasteiger partial charge in [-0.3, -0.25) is 9.59 Å². The van der Waals surface area contributed by atoms with Crippen LogP contribution in [-0.2, 0) is 4.79 Å². The summed E-state index contributed by atoms with van der Waals surface area (Å²) < 4.78 is 0. The number of hydrogen-bond donors (Lipinski definition) is 1. The summed E-state index contributed by atoms with van der Waals surface area (Å²) in [5.41, 5.74) is 2.37. The molecule has 0 heterocycles. The highest BCUT2D eigenvalue weighted by molar-refractivity contribution is 6.34. The minimum absolute atomic E-state index is 0.0428. The second-order valence-electron chi connectivity index (χ2n) is 4.97. The zero-order valence-electron chi connectivity index (χ0n) is 10.9. The number of rotatable bonds is 4. The number of aryl methyl sites for hydroxylation is 2. The quantitative estimate of drug-likeness (QED) is 0.923. The number of aliphatic carboxylic acids is 1. The van der Waals surface area contributed by atoms with Gasteiger partial charge in [0, 0.05) is 6.04 Å². The van der Waals surface area contributed by atoms with Crippen LogP contribution in [-0.4, -0.2) is 34.5 Å². The lowest BCUT2D eigenvalue weighted by Crippen LogP contribution is -2.37. The molecule has 0 spiro atoms. The van der Waals surface area contributed by atoms with Crippen molar-refractivity contribution in [3.8, 4) is 0 Å². The van der Waals surface area contributed by atoms with E-state index in [4.69, 9.17) is 16.7 Å². The molecule has 0 atom stereocenters. The Bertz CT molecular complexity index is 538. The highest BCUT2D eigenvalue weighted by atomic mass is 35.5. The van der Waals surface area contributed by atoms with Crippen LogP contribution in [0.2, 0.25) is 5.02 Å². The van der Waals surface area contributed by atoms with E-state index in [2.05, 4.69) is 0 Å². The molecule has 5 heteroatoms. The van der Waals surface area contributed by atoms with Crippen molar-refractivity contribution >= 4 is 23.5 Å². The number of carbonyl (C=O) groups is 2. The summed E-state index contributed by atoms with van der Waals surface area (Å²) in [7, 11) is 0. The molecule has 1 fully saturated rings. The molecule has 1 amide bonds. The first-order chi connectivity index (χ1) is 8.90. The molecule has 1 aliphatic carbocycles. The van der Waals surface area contributed by atoms with Gasteiger partial charge in [-0.05, 0) is 49.9 Å². The van der Waals surface area contributed by atoms with E-state index >= 15 is 0 Å². The van der Waals surface area contributed by atoms with Crippen molar-refractivity contribution in [3.05, 3.63) is 33.8 Å². The van der Waals surface area contributed by atoms with E-state index in [1.807, 2.05) is 13.8 Å². The van der Waals surface area contributed by atoms with Gasteiger partial charge in [0.25, 0.3) is 5.91 Å². The van der Waals surface area contributed by atoms with Gasteiger partial charge in [-0.2, -0.15) is 0 Å². The smallest absolute Gasteiger partial charge is 0.323 e. The Labute approximate surface area is 117 Å². The van der Waals surface area contributed by atoms with Crippen LogP contribution >= 0.6 is 11.6 Å². The van der Waals surface area contributed by atoms with E-state index < -0.39 is 5.97 Å². The Balaban J connectivity index is 2.31. The number of benzene rings is 1. The van der Waals surface area contributed by atoms with Crippen molar-refractivity contribution in [2.75, 3.05) is 6.54 Å². The second kappa shape index (κ2) is 5.21. The molecule has 2 rings (SSSR count). The Hall–Kier alpha value is -1.55. The van der Waals surface area contributed by atoms with Crippen molar-refractivity contribution in [1.29, 1.82) is 0 Å². The predicted molar refractivity (Wildman–Crippen MR) is 72.6 cm³/mol. The molecule has 102 valence electrons. The summed E-state index contributed by atoms with van der Waals surface area (Å²) >= 11 is 6.11. The molecular weight excluding hydrogens is 266 g/mol. The summed E-state index contributed by atoms with van der Waals surface area (Å²) in [4.78, 5) is 24.7. The average Bonchev–Trinajstić information content (AvgIpc) is 3.14. The number of nitrogens with zero attached hydrogens (tertiary/aromatic N) is 1. The van der Waals surface area contributed by atoms with E-state index in [9.17, 15) is 9.59 Å². The van der Waals surface area contributed by atoms with E-state index in [1.165, 1.54) is 4.90 Å². The van der Waals surface area contributed by atoms with Gasteiger partial charge in [0.2, 0.25) is 0 Å². The molecule has 1 aliphatic rings. The molecule has 0 unspecified atom stereocenters. The van der Waals surface area contributed by atoms with Gasteiger partial charge in [-0.25, -0.2) is 0 Å². The standard InChI is InChI=1S/C14H16ClNO3/c1-8-5-11(12(15)6-9(8)2)14(19)16(7-13(17)18)10-3-4-10/h5-6,10H,3-4,7H2,1-2H3,(H,17,18). The van der Waals surface area contributed by atoms with Crippen molar-refractivity contribution in [2.24, 2.45) is 0 Å². The third-order valence-corrected chi connectivity index (χ3v) is 3.68. The van der Waals surface area contributed by atoms with Crippen LogP contribution in [0, 0.1) is 13.8 Å². The number of hydrogen-bond acceptors (Lipinski definition) is 2. The van der Waals surface area contributed by atoms with Crippen molar-refractivity contribution < 1.29 is 14.7 Å². The van der Waals surface area contributed by atoms with E-state index in [0.29, 0.717) is 10.6 Å². The van der Waals surface area contributed by atoms with Crippen molar-refractivity contribution in [1.82, 2.24) is 4.90 Å². The molecule has 19 heavy (non-hydrogen) atoms. The summed E-state index contributed by atoms with van der Waals surface area (Å²) in [5, 5.41) is 9.28. The van der Waals surface area contributed by atoms with Gasteiger partial charge in [0.05, 0.1) is 10.6 Å². The van der Waals surface area contributed by atoms with E-state index in [0.717, 1.165) is 24.0 Å². The number of carbonyl (C=O) groups excluding carboxylic acids is 1. The fourth-order valence-corrected chi connectivity index (χ4v) is 2.30. The van der Waals surface area contributed by atoms with Crippen LogP contribution in [0.1, 0.15) is 34.3 Å². The minimum atomic E-state index is -1.000. The number of halogens is 1. The molecule has 1 N–H and O–H groups in total. The number of carboxylic acid groups (broad SMARTS) is 1. The van der Waals surface area contributed by atoms with Crippen LogP contribution in [0.3, 0.4) is 0 Å². The van der Waals surface area contributed by atoms with Crippen molar-refractivity contribution in [2.45, 2.75) is 32.7 Å². The van der Waals surface area contributed by atoms with Crippen LogP contribution < -0.4 is 0 Å². The lowest BCUT2D eigenvalue weighted by molar-refractivity contribution is -0.137. The minimum Gasteiger partial charge on any atom is -0.480 e. The van der Waals surface area contributed by atoms with E-state index in [1.54, 1.807) is 12.1 Å². The molecule has 1 aromatic carbocycles. The maximum absolute atomic E-state index is 12.4. The van der Waals surface area contributed by atoms with Crippen LogP contribution in [0.15, 0.2) is 12.1 Å². The van der Waals surface area contributed by atoms with Gasteiger partial charge in [0.1, 0.15) is 6.54 Å². The fraction of sp³-hybridized carbons (Fsp3) is 0.429. The van der Waals surface area contributed by atoms with E-state index in [-0.39, 0.29) is 18.5 Å². The maximum Gasteiger partial charge on any atom is 0.323 e. The SMILES string of the molecule is Cc1cc(Cl)c(C(=O)N(CC(=O)O)C2CC2)cc1C. The summed E-state index contributed by atoms with van der Waals surface area (Å²) in [6.45, 7) is 3.55. The summed E-state index contributed by atoms with van der Waals surface area (Å²) in [6, 6.07) is 3.52. The highest BCUT2D eigenvalue weighted by Gasteiger charge is 2.35. The summed E-state index contributed by atoms with van der Waals surface area (Å²) in [5.74, 6) is -1.29. The van der Waals surface area contributed by atoms with Gasteiger partial charge >= 0.3 is 5.97 Å². The largest absolute Gasteiger partial charge is 0.480 e. The monoisotopic (exact) mass is 281 g/mol. The van der Waals surface area contributed by atoms with Crippen LogP contribution in [0.5, 0.6) is 0 Å². The highest BCUT2D eigenvalue weighted by Crippen LogP contribution is 2.30. The number of carboxylic acids is 1. The third kappa shape index (κ3) is 3.07. The Kier molecular flexibility index (Phi) is 3.80. The molecule has 0 aromatic heterocycles. The first-order valence-corrected chi connectivity index (χ1v) is 6.57. The van der Waals surface area contributed by atoms with Gasteiger partial charge < -0.3 is 10.0 Å². The zero-order chi connectivity index (χ0) is 14.2. The predicted octanol–water partition coefficient (Wildman–Crippen LogP) is 2.65. The molecule has 4 nitrogen and oxygen atoms in total. The lowest BCUT2D eigenvalue weighted by atomic mass is 10.1. The Morgan fingerprint density at radius 2 is 1.89 bits per heavy atom. The molecule has 1 aromatic rings. The first-order valence-electron chi connectivity index (χ1n) is 6.19. The molecule has 0 radical (unpaired) electrons. The normalized spacial score (nSPS) is 14.3.